The van der Waals surface area contributed by atoms with Crippen molar-refractivity contribution >= 4 is 5.82 Å². The van der Waals surface area contributed by atoms with Crippen LogP contribution < -0.4 is 15.0 Å². The average Bonchev–Trinajstić information content (AvgIpc) is 2.86. The van der Waals surface area contributed by atoms with Gasteiger partial charge in [0.2, 0.25) is 5.88 Å². The monoisotopic (exact) mass is 316 g/mol. The van der Waals surface area contributed by atoms with Crippen molar-refractivity contribution in [2.75, 3.05) is 25.1 Å². The molecule has 0 spiro atoms. The molecule has 7 nitrogen and oxygen atoms in total. The van der Waals surface area contributed by atoms with E-state index in [1.165, 1.54) is 6.42 Å². The number of hydrogen-bond donors (Lipinski definition) is 1. The van der Waals surface area contributed by atoms with Crippen molar-refractivity contribution in [2.45, 2.75) is 32.4 Å². The van der Waals surface area contributed by atoms with Crippen LogP contribution in [0.1, 0.15) is 24.1 Å². The van der Waals surface area contributed by atoms with Crippen molar-refractivity contribution < 1.29 is 4.74 Å². The van der Waals surface area contributed by atoms with Gasteiger partial charge >= 0.3 is 0 Å². The van der Waals surface area contributed by atoms with Gasteiger partial charge in [0.15, 0.2) is 5.82 Å². The van der Waals surface area contributed by atoms with E-state index in [2.05, 4.69) is 25.5 Å². The molecule has 1 atom stereocenters. The van der Waals surface area contributed by atoms with Crippen LogP contribution in [0.2, 0.25) is 0 Å². The average molecular weight is 316 g/mol. The summed E-state index contributed by atoms with van der Waals surface area (Å²) >= 11 is 0. The predicted molar refractivity (Wildman–Crippen MR) is 88.6 cm³/mol. The van der Waals surface area contributed by atoms with E-state index >= 15 is 0 Å². The first-order valence-electron chi connectivity index (χ1n) is 8.01. The number of nitrogens with one attached hydrogen (secondary N) is 1. The standard InChI is InChI=1S/C16H24N6O/c1-12-14(16(23-3)21(2)20-12)10-17-13-6-5-9-22(11-13)15-7-4-8-18-19-15/h4,7-8,13,17H,5-6,9-11H2,1-3H3. The number of methoxy groups -OCH3 is 1. The maximum absolute atomic E-state index is 5.46. The molecule has 0 bridgehead atoms. The first kappa shape index (κ1) is 15.7. The molecule has 1 unspecified atom stereocenters. The zero-order valence-corrected chi connectivity index (χ0v) is 14.0. The largest absolute Gasteiger partial charge is 0.481 e. The van der Waals surface area contributed by atoms with E-state index in [-0.39, 0.29) is 0 Å². The van der Waals surface area contributed by atoms with Gasteiger partial charge in [-0.05, 0) is 31.9 Å². The van der Waals surface area contributed by atoms with Crippen LogP contribution in [0.3, 0.4) is 0 Å². The molecular weight excluding hydrogens is 292 g/mol. The molecule has 7 heteroatoms. The van der Waals surface area contributed by atoms with Crippen molar-refractivity contribution in [3.63, 3.8) is 0 Å². The molecular formula is C16H24N6O. The lowest BCUT2D eigenvalue weighted by Crippen LogP contribution is -2.45. The normalized spacial score (nSPS) is 18.2. The molecule has 1 aliphatic rings. The highest BCUT2D eigenvalue weighted by atomic mass is 16.5. The molecule has 0 aromatic carbocycles. The number of aromatic nitrogens is 4. The Morgan fingerprint density at radius 2 is 2.30 bits per heavy atom. The Morgan fingerprint density at radius 3 is 3.04 bits per heavy atom. The van der Waals surface area contributed by atoms with E-state index in [1.54, 1.807) is 18.0 Å². The van der Waals surface area contributed by atoms with E-state index in [4.69, 9.17) is 4.74 Å². The SMILES string of the molecule is COc1c(CNC2CCCN(c3cccnn3)C2)c(C)nn1C. The summed E-state index contributed by atoms with van der Waals surface area (Å²) in [5.41, 5.74) is 2.14. The van der Waals surface area contributed by atoms with Crippen molar-refractivity contribution in [2.24, 2.45) is 7.05 Å². The Hall–Kier alpha value is -2.15. The van der Waals surface area contributed by atoms with Gasteiger partial charge in [-0.1, -0.05) is 0 Å². The minimum atomic E-state index is 0.426. The number of aryl methyl sites for hydroxylation is 2. The number of anilines is 1. The quantitative estimate of drug-likeness (QED) is 0.896. The van der Waals surface area contributed by atoms with Gasteiger partial charge in [-0.25, -0.2) is 4.68 Å². The zero-order chi connectivity index (χ0) is 16.2. The van der Waals surface area contributed by atoms with Gasteiger partial charge < -0.3 is 15.0 Å². The van der Waals surface area contributed by atoms with Crippen LogP contribution in [0.25, 0.3) is 0 Å². The molecule has 2 aromatic rings. The third-order valence-corrected chi connectivity index (χ3v) is 4.35. The molecule has 23 heavy (non-hydrogen) atoms. The highest BCUT2D eigenvalue weighted by Gasteiger charge is 2.22. The van der Waals surface area contributed by atoms with Gasteiger partial charge in [-0.2, -0.15) is 10.2 Å². The predicted octanol–water partition coefficient (Wildman–Crippen LogP) is 1.29. The summed E-state index contributed by atoms with van der Waals surface area (Å²) < 4.78 is 7.25. The van der Waals surface area contributed by atoms with Crippen LogP contribution in [-0.2, 0) is 13.6 Å². The van der Waals surface area contributed by atoms with Crippen LogP contribution in [0.15, 0.2) is 18.3 Å². The highest BCUT2D eigenvalue weighted by Crippen LogP contribution is 2.22. The second kappa shape index (κ2) is 6.95. The van der Waals surface area contributed by atoms with Crippen molar-refractivity contribution in [3.05, 3.63) is 29.6 Å². The van der Waals surface area contributed by atoms with Gasteiger partial charge in [-0.15, -0.1) is 5.10 Å². The molecule has 2 aromatic heterocycles. The third kappa shape index (κ3) is 3.44. The molecule has 1 saturated heterocycles. The molecule has 1 fully saturated rings. The van der Waals surface area contributed by atoms with Crippen molar-refractivity contribution in [1.82, 2.24) is 25.3 Å². The molecule has 0 radical (unpaired) electrons. The minimum absolute atomic E-state index is 0.426. The Labute approximate surface area is 136 Å². The maximum Gasteiger partial charge on any atom is 0.216 e. The van der Waals surface area contributed by atoms with E-state index in [0.717, 1.165) is 49.0 Å². The number of hydrogen-bond acceptors (Lipinski definition) is 6. The van der Waals surface area contributed by atoms with Gasteiger partial charge in [0, 0.05) is 38.9 Å². The number of rotatable bonds is 5. The summed E-state index contributed by atoms with van der Waals surface area (Å²) in [7, 11) is 3.60. The first-order chi connectivity index (χ1) is 11.2. The summed E-state index contributed by atoms with van der Waals surface area (Å²) in [4.78, 5) is 2.29. The van der Waals surface area contributed by atoms with Crippen LogP contribution in [0.4, 0.5) is 5.82 Å². The second-order valence-electron chi connectivity index (χ2n) is 5.94. The summed E-state index contributed by atoms with van der Waals surface area (Å²) in [5, 5.41) is 16.3. The molecule has 3 heterocycles. The Morgan fingerprint density at radius 1 is 1.43 bits per heavy atom. The number of ether oxygens (including phenoxy) is 1. The van der Waals surface area contributed by atoms with Crippen LogP contribution >= 0.6 is 0 Å². The molecule has 0 aliphatic carbocycles. The van der Waals surface area contributed by atoms with Crippen LogP contribution in [0, 0.1) is 6.92 Å². The van der Waals surface area contributed by atoms with Gasteiger partial charge in [0.1, 0.15) is 0 Å². The number of nitrogens with zero attached hydrogens (tertiary/aromatic N) is 5. The second-order valence-corrected chi connectivity index (χ2v) is 5.94. The summed E-state index contributed by atoms with van der Waals surface area (Å²) in [6.07, 6.45) is 4.02. The molecule has 3 rings (SSSR count). The summed E-state index contributed by atoms with van der Waals surface area (Å²) in [6.45, 7) is 4.76. The van der Waals surface area contributed by atoms with E-state index in [1.807, 2.05) is 26.1 Å². The lowest BCUT2D eigenvalue weighted by molar-refractivity contribution is 0.363. The fourth-order valence-electron chi connectivity index (χ4n) is 3.20. The van der Waals surface area contributed by atoms with Crippen LogP contribution in [0.5, 0.6) is 5.88 Å². The highest BCUT2D eigenvalue weighted by molar-refractivity contribution is 5.37. The van der Waals surface area contributed by atoms with E-state index in [0.29, 0.717) is 6.04 Å². The van der Waals surface area contributed by atoms with E-state index in [9.17, 15) is 0 Å². The lowest BCUT2D eigenvalue weighted by Gasteiger charge is -2.33. The maximum atomic E-state index is 5.46. The molecule has 0 amide bonds. The Bertz CT molecular complexity index is 642. The van der Waals surface area contributed by atoms with Gasteiger partial charge in [-0.3, -0.25) is 0 Å². The molecule has 1 N–H and O–H groups in total. The smallest absolute Gasteiger partial charge is 0.216 e. The van der Waals surface area contributed by atoms with Gasteiger partial charge in [0.25, 0.3) is 0 Å². The fourth-order valence-corrected chi connectivity index (χ4v) is 3.20. The van der Waals surface area contributed by atoms with Gasteiger partial charge in [0.05, 0.1) is 18.4 Å². The zero-order valence-electron chi connectivity index (χ0n) is 14.0. The molecule has 0 saturated carbocycles. The lowest BCUT2D eigenvalue weighted by atomic mass is 10.1. The molecule has 124 valence electrons. The molecule has 1 aliphatic heterocycles. The summed E-state index contributed by atoms with van der Waals surface area (Å²) in [5.74, 6) is 1.78. The van der Waals surface area contributed by atoms with Crippen molar-refractivity contribution in [3.8, 4) is 5.88 Å². The summed E-state index contributed by atoms with van der Waals surface area (Å²) in [6, 6.07) is 4.38. The van der Waals surface area contributed by atoms with E-state index < -0.39 is 0 Å². The first-order valence-corrected chi connectivity index (χ1v) is 8.01. The third-order valence-electron chi connectivity index (χ3n) is 4.35. The Kier molecular flexibility index (Phi) is 4.76. The Balaban J connectivity index is 1.63. The minimum Gasteiger partial charge on any atom is -0.481 e. The topological polar surface area (TPSA) is 68.1 Å². The van der Waals surface area contributed by atoms with Crippen LogP contribution in [-0.4, -0.2) is 46.2 Å². The van der Waals surface area contributed by atoms with Crippen molar-refractivity contribution in [1.29, 1.82) is 0 Å². The fraction of sp³-hybridized carbons (Fsp3) is 0.562. The number of piperidine rings is 1.